The molecule has 0 aliphatic rings. The monoisotopic (exact) mass is 689 g/mol. The molecule has 0 saturated carbocycles. The van der Waals surface area contributed by atoms with Crippen molar-refractivity contribution in [2.45, 2.75) is 0 Å². The van der Waals surface area contributed by atoms with Gasteiger partial charge >= 0.3 is 0 Å². The lowest BCUT2D eigenvalue weighted by Crippen LogP contribution is -2.00. The smallest absolute Gasteiger partial charge is 0.164 e. The molecule has 0 spiro atoms. The predicted octanol–water partition coefficient (Wildman–Crippen LogP) is 13.2. The van der Waals surface area contributed by atoms with E-state index >= 15 is 0 Å². The van der Waals surface area contributed by atoms with Gasteiger partial charge in [0.15, 0.2) is 17.5 Å². The zero-order valence-corrected chi connectivity index (χ0v) is 29.5. The van der Waals surface area contributed by atoms with Crippen LogP contribution in [0.25, 0.3) is 89.8 Å². The Hall–Kier alpha value is -7.23. The Bertz CT molecular complexity index is 2650. The quantitative estimate of drug-likeness (QED) is 0.159. The fraction of sp³-hybridized carbons (Fsp3) is 0. The molecule has 0 aliphatic heterocycles. The maximum absolute atomic E-state index is 5.09. The second-order valence-corrected chi connectivity index (χ2v) is 13.3. The molecule has 9 rings (SSSR count). The van der Waals surface area contributed by atoms with E-state index in [1.54, 1.807) is 0 Å². The third-order valence-electron chi connectivity index (χ3n) is 9.78. The summed E-state index contributed by atoms with van der Waals surface area (Å²) in [4.78, 5) is 15.2. The molecule has 9 aromatic rings. The third kappa shape index (κ3) is 6.99. The zero-order chi connectivity index (χ0) is 36.1. The molecule has 0 N–H and O–H groups in total. The molecule has 0 aliphatic carbocycles. The van der Waals surface area contributed by atoms with Crippen molar-refractivity contribution in [3.8, 4) is 89.8 Å². The van der Waals surface area contributed by atoms with Crippen LogP contribution in [-0.4, -0.2) is 15.0 Å². The van der Waals surface area contributed by atoms with Gasteiger partial charge in [-0.05, 0) is 67.8 Å². The van der Waals surface area contributed by atoms with Crippen LogP contribution in [0.1, 0.15) is 0 Å². The minimum atomic E-state index is 0.629. The number of aromatic nitrogens is 3. The fourth-order valence-corrected chi connectivity index (χ4v) is 6.85. The van der Waals surface area contributed by atoms with Gasteiger partial charge in [-0.3, -0.25) is 0 Å². The number of hydrogen-bond acceptors (Lipinski definition) is 3. The summed E-state index contributed by atoms with van der Waals surface area (Å²) in [5.74, 6) is 1.89. The minimum Gasteiger partial charge on any atom is -0.208 e. The van der Waals surface area contributed by atoms with Gasteiger partial charge in [0.25, 0.3) is 0 Å². The summed E-state index contributed by atoms with van der Waals surface area (Å²) in [5.41, 5.74) is 14.4. The van der Waals surface area contributed by atoms with Crippen LogP contribution in [0.15, 0.2) is 212 Å². The Balaban J connectivity index is 1.08. The second kappa shape index (κ2) is 14.8. The zero-order valence-electron chi connectivity index (χ0n) is 29.5. The Morgan fingerprint density at radius 3 is 0.759 bits per heavy atom. The van der Waals surface area contributed by atoms with E-state index < -0.39 is 0 Å². The molecule has 0 fully saturated rings. The van der Waals surface area contributed by atoms with Crippen LogP contribution < -0.4 is 0 Å². The molecule has 0 saturated heterocycles. The molecule has 0 radical (unpaired) electrons. The average molecular weight is 690 g/mol. The molecule has 54 heavy (non-hydrogen) atoms. The van der Waals surface area contributed by atoms with Crippen LogP contribution in [-0.2, 0) is 0 Å². The standard InChI is InChI=1S/C51H35N3/c1-4-12-36(13-5-1)39-22-24-41(25-23-39)47-20-11-21-48(35-47)51-53-49(43-30-26-40(27-31-43)37-14-6-2-7-15-37)52-50(54-51)44-32-28-42(29-33-44)46-19-10-18-45(34-46)38-16-8-3-9-17-38/h1-35H. The SMILES string of the molecule is c1ccc(-c2ccc(-c3cccc(-c4nc(-c5ccc(-c6ccccc6)cc5)nc(-c5ccc(-c6cccc(-c7ccccc7)c6)cc5)n4)c3)cc2)cc1. The Kier molecular flexibility index (Phi) is 8.94. The molecule has 0 unspecified atom stereocenters. The maximum atomic E-state index is 5.09. The van der Waals surface area contributed by atoms with Gasteiger partial charge in [-0.25, -0.2) is 15.0 Å². The minimum absolute atomic E-state index is 0.629. The van der Waals surface area contributed by atoms with E-state index in [1.165, 1.54) is 27.8 Å². The van der Waals surface area contributed by atoms with Gasteiger partial charge in [-0.1, -0.05) is 200 Å². The Morgan fingerprint density at radius 2 is 0.389 bits per heavy atom. The average Bonchev–Trinajstić information content (AvgIpc) is 3.27. The highest BCUT2D eigenvalue weighted by molar-refractivity contribution is 5.77. The predicted molar refractivity (Wildman–Crippen MR) is 223 cm³/mol. The molecule has 0 atom stereocenters. The fourth-order valence-electron chi connectivity index (χ4n) is 6.85. The molecule has 8 aromatic carbocycles. The largest absolute Gasteiger partial charge is 0.208 e. The summed E-state index contributed by atoms with van der Waals surface area (Å²) in [6.45, 7) is 0. The summed E-state index contributed by atoms with van der Waals surface area (Å²) >= 11 is 0. The first-order chi connectivity index (χ1) is 26.7. The number of rotatable bonds is 8. The topological polar surface area (TPSA) is 38.7 Å². The highest BCUT2D eigenvalue weighted by Gasteiger charge is 2.14. The Labute approximate surface area is 316 Å². The van der Waals surface area contributed by atoms with Crippen molar-refractivity contribution in [3.63, 3.8) is 0 Å². The first-order valence-electron chi connectivity index (χ1n) is 18.2. The number of hydrogen-bond donors (Lipinski definition) is 0. The second-order valence-electron chi connectivity index (χ2n) is 13.3. The van der Waals surface area contributed by atoms with Gasteiger partial charge in [-0.2, -0.15) is 0 Å². The van der Waals surface area contributed by atoms with Gasteiger partial charge in [0, 0.05) is 16.7 Å². The van der Waals surface area contributed by atoms with Gasteiger partial charge in [0.1, 0.15) is 0 Å². The summed E-state index contributed by atoms with van der Waals surface area (Å²) in [6, 6.07) is 74.1. The van der Waals surface area contributed by atoms with Crippen molar-refractivity contribution >= 4 is 0 Å². The van der Waals surface area contributed by atoms with Crippen molar-refractivity contribution in [3.05, 3.63) is 212 Å². The first-order valence-corrected chi connectivity index (χ1v) is 18.2. The van der Waals surface area contributed by atoms with Gasteiger partial charge in [0.05, 0.1) is 0 Å². The van der Waals surface area contributed by atoms with Crippen molar-refractivity contribution in [1.29, 1.82) is 0 Å². The molecular weight excluding hydrogens is 655 g/mol. The molecule has 0 amide bonds. The molecular formula is C51H35N3. The van der Waals surface area contributed by atoms with Crippen LogP contribution in [0.5, 0.6) is 0 Å². The van der Waals surface area contributed by atoms with Crippen LogP contribution in [0.3, 0.4) is 0 Å². The first kappa shape index (κ1) is 32.7. The molecule has 254 valence electrons. The van der Waals surface area contributed by atoms with Crippen molar-refractivity contribution in [2.24, 2.45) is 0 Å². The molecule has 3 nitrogen and oxygen atoms in total. The highest BCUT2D eigenvalue weighted by atomic mass is 15.0. The van der Waals surface area contributed by atoms with E-state index in [-0.39, 0.29) is 0 Å². The molecule has 1 heterocycles. The van der Waals surface area contributed by atoms with E-state index in [2.05, 4.69) is 194 Å². The van der Waals surface area contributed by atoms with Crippen LogP contribution in [0.4, 0.5) is 0 Å². The van der Waals surface area contributed by atoms with Crippen molar-refractivity contribution < 1.29 is 0 Å². The lowest BCUT2D eigenvalue weighted by molar-refractivity contribution is 1.07. The van der Waals surface area contributed by atoms with Gasteiger partial charge in [-0.15, -0.1) is 0 Å². The number of benzene rings is 8. The van der Waals surface area contributed by atoms with Gasteiger partial charge in [0.2, 0.25) is 0 Å². The van der Waals surface area contributed by atoms with E-state index in [0.717, 1.165) is 44.5 Å². The lowest BCUT2D eigenvalue weighted by atomic mass is 9.98. The molecule has 1 aromatic heterocycles. The molecule has 3 heteroatoms. The van der Waals surface area contributed by atoms with E-state index in [1.807, 2.05) is 18.2 Å². The summed E-state index contributed by atoms with van der Waals surface area (Å²) in [6.07, 6.45) is 0. The van der Waals surface area contributed by atoms with E-state index in [0.29, 0.717) is 17.5 Å². The normalized spacial score (nSPS) is 11.0. The van der Waals surface area contributed by atoms with E-state index in [4.69, 9.17) is 15.0 Å². The summed E-state index contributed by atoms with van der Waals surface area (Å²) in [5, 5.41) is 0. The van der Waals surface area contributed by atoms with Crippen LogP contribution in [0, 0.1) is 0 Å². The summed E-state index contributed by atoms with van der Waals surface area (Å²) in [7, 11) is 0. The van der Waals surface area contributed by atoms with Crippen molar-refractivity contribution in [2.75, 3.05) is 0 Å². The maximum Gasteiger partial charge on any atom is 0.164 e. The van der Waals surface area contributed by atoms with E-state index in [9.17, 15) is 0 Å². The lowest BCUT2D eigenvalue weighted by Gasteiger charge is -2.11. The Morgan fingerprint density at radius 1 is 0.167 bits per heavy atom. The third-order valence-corrected chi connectivity index (χ3v) is 9.78. The summed E-state index contributed by atoms with van der Waals surface area (Å²) < 4.78 is 0. The molecule has 0 bridgehead atoms. The van der Waals surface area contributed by atoms with Gasteiger partial charge < -0.3 is 0 Å². The highest BCUT2D eigenvalue weighted by Crippen LogP contribution is 2.32. The van der Waals surface area contributed by atoms with Crippen molar-refractivity contribution in [1.82, 2.24) is 15.0 Å². The van der Waals surface area contributed by atoms with Crippen LogP contribution >= 0.6 is 0 Å². The van der Waals surface area contributed by atoms with Crippen LogP contribution in [0.2, 0.25) is 0 Å². The number of nitrogens with zero attached hydrogens (tertiary/aromatic N) is 3.